The smallest absolute Gasteiger partial charge is 0.216 e. The Balaban J connectivity index is 2.04. The van der Waals surface area contributed by atoms with E-state index in [1.54, 1.807) is 10.9 Å². The Morgan fingerprint density at radius 1 is 1.25 bits per heavy atom. The number of benzene rings is 2. The molecule has 0 saturated heterocycles. The highest BCUT2D eigenvalue weighted by molar-refractivity contribution is 14.1. The second kappa shape index (κ2) is 7.31. The number of phenols is 1. The summed E-state index contributed by atoms with van der Waals surface area (Å²) in [7, 11) is 0. The largest absolute Gasteiger partial charge is 0.506 e. The van der Waals surface area contributed by atoms with Crippen LogP contribution in [0.15, 0.2) is 41.5 Å². The van der Waals surface area contributed by atoms with Crippen molar-refractivity contribution in [1.82, 2.24) is 14.9 Å². The Hall–Kier alpha value is -1.27. The van der Waals surface area contributed by atoms with Crippen LogP contribution in [0.3, 0.4) is 0 Å². The van der Waals surface area contributed by atoms with Crippen molar-refractivity contribution in [3.63, 3.8) is 0 Å². The molecule has 0 spiro atoms. The van der Waals surface area contributed by atoms with Crippen LogP contribution in [0.25, 0.3) is 11.4 Å². The van der Waals surface area contributed by atoms with E-state index in [0.29, 0.717) is 16.2 Å². The average Bonchev–Trinajstić information content (AvgIpc) is 2.91. The zero-order valence-electron chi connectivity index (χ0n) is 12.5. The molecule has 2 N–H and O–H groups in total. The maximum atomic E-state index is 10.2. The van der Waals surface area contributed by atoms with Gasteiger partial charge < -0.3 is 5.11 Å². The third-order valence-electron chi connectivity index (χ3n) is 3.33. The van der Waals surface area contributed by atoms with E-state index in [1.165, 1.54) is 5.56 Å². The molecule has 8 heteroatoms. The first-order valence-corrected chi connectivity index (χ1v) is 9.49. The number of hydrogen-bond donors (Lipinski definition) is 2. The predicted octanol–water partition coefficient (Wildman–Crippen LogP) is 4.71. The Morgan fingerprint density at radius 3 is 2.67 bits per heavy atom. The van der Waals surface area contributed by atoms with Crippen molar-refractivity contribution in [2.45, 2.75) is 6.92 Å². The van der Waals surface area contributed by atoms with Gasteiger partial charge in [0.1, 0.15) is 5.75 Å². The van der Waals surface area contributed by atoms with Crippen molar-refractivity contribution >= 4 is 63.6 Å². The van der Waals surface area contributed by atoms with Crippen LogP contribution in [-0.4, -0.2) is 26.2 Å². The zero-order chi connectivity index (χ0) is 17.3. The molecule has 0 bridgehead atoms. The minimum Gasteiger partial charge on any atom is -0.506 e. The van der Waals surface area contributed by atoms with Gasteiger partial charge in [-0.05, 0) is 76.5 Å². The van der Waals surface area contributed by atoms with Crippen LogP contribution in [0.2, 0.25) is 0 Å². The number of aromatic nitrogens is 3. The fraction of sp³-hybridized carbons (Fsp3) is 0.0625. The normalized spacial score (nSPS) is 11.3. The number of aromatic amines is 1. The average molecular weight is 562 g/mol. The maximum absolute atomic E-state index is 10.2. The molecule has 0 aliphatic heterocycles. The fourth-order valence-corrected chi connectivity index (χ4v) is 4.16. The number of phenolic OH excluding ortho intramolecular Hbond substituents is 1. The van der Waals surface area contributed by atoms with Crippen LogP contribution in [0.4, 0.5) is 0 Å². The molecular formula is C16H12I2N4OS. The van der Waals surface area contributed by atoms with Crippen molar-refractivity contribution in [2.24, 2.45) is 5.10 Å². The zero-order valence-corrected chi connectivity index (χ0v) is 17.6. The van der Waals surface area contributed by atoms with Crippen molar-refractivity contribution < 1.29 is 5.11 Å². The molecule has 0 fully saturated rings. The molecule has 0 amide bonds. The minimum absolute atomic E-state index is 0.201. The maximum Gasteiger partial charge on any atom is 0.216 e. The van der Waals surface area contributed by atoms with Gasteiger partial charge in [0.05, 0.1) is 9.78 Å². The van der Waals surface area contributed by atoms with Gasteiger partial charge in [-0.3, -0.25) is 0 Å². The summed E-state index contributed by atoms with van der Waals surface area (Å²) in [6, 6.07) is 11.7. The Labute approximate surface area is 171 Å². The third-order valence-corrected chi connectivity index (χ3v) is 5.04. The number of aromatic hydroxyl groups is 1. The summed E-state index contributed by atoms with van der Waals surface area (Å²) >= 11 is 9.56. The fourth-order valence-electron chi connectivity index (χ4n) is 2.09. The topological polar surface area (TPSA) is 66.2 Å². The van der Waals surface area contributed by atoms with E-state index in [9.17, 15) is 5.11 Å². The Morgan fingerprint density at radius 2 is 1.96 bits per heavy atom. The number of rotatable bonds is 3. The molecule has 1 heterocycles. The number of nitrogens with zero attached hydrogens (tertiary/aromatic N) is 3. The van der Waals surface area contributed by atoms with Crippen molar-refractivity contribution in [3.05, 3.63) is 59.4 Å². The summed E-state index contributed by atoms with van der Waals surface area (Å²) < 4.78 is 3.73. The molecule has 2 aromatic carbocycles. The van der Waals surface area contributed by atoms with E-state index in [-0.39, 0.29) is 5.75 Å². The van der Waals surface area contributed by atoms with Gasteiger partial charge in [0.15, 0.2) is 5.82 Å². The number of aryl methyl sites for hydroxylation is 1. The molecule has 3 rings (SSSR count). The van der Waals surface area contributed by atoms with Crippen molar-refractivity contribution in [3.8, 4) is 17.1 Å². The van der Waals surface area contributed by atoms with Gasteiger partial charge in [0.2, 0.25) is 4.77 Å². The van der Waals surface area contributed by atoms with Gasteiger partial charge in [-0.1, -0.05) is 29.8 Å². The molecule has 3 aromatic rings. The van der Waals surface area contributed by atoms with E-state index >= 15 is 0 Å². The molecule has 24 heavy (non-hydrogen) atoms. The number of H-pyrrole nitrogens is 1. The highest BCUT2D eigenvalue weighted by atomic mass is 127. The van der Waals surface area contributed by atoms with Gasteiger partial charge in [-0.25, -0.2) is 5.10 Å². The van der Waals surface area contributed by atoms with Crippen molar-refractivity contribution in [2.75, 3.05) is 0 Å². The second-order valence-corrected chi connectivity index (χ2v) is 7.89. The SMILES string of the molecule is Cc1ccc(-c2n[nH]c(=S)n2/N=C/c2cc(I)cc(I)c2O)cc1. The molecule has 0 aliphatic rings. The molecule has 0 atom stereocenters. The van der Waals surface area contributed by atoms with Crippen molar-refractivity contribution in [1.29, 1.82) is 0 Å². The Bertz CT molecular complexity index is 977. The standard InChI is InChI=1S/C16H12I2N4OS/c1-9-2-4-10(5-3-9)15-20-21-16(24)22(15)19-8-11-6-12(17)7-13(18)14(11)23/h2-8,23H,1H3,(H,21,24)/b19-8+. The lowest BCUT2D eigenvalue weighted by Crippen LogP contribution is -1.96. The molecule has 0 aliphatic carbocycles. The van der Waals surface area contributed by atoms with Crippen LogP contribution >= 0.6 is 57.4 Å². The predicted molar refractivity (Wildman–Crippen MR) is 114 cm³/mol. The lowest BCUT2D eigenvalue weighted by atomic mass is 10.1. The van der Waals surface area contributed by atoms with Gasteiger partial charge in [0.25, 0.3) is 0 Å². The molecule has 0 radical (unpaired) electrons. The van der Waals surface area contributed by atoms with Crippen LogP contribution in [-0.2, 0) is 0 Å². The number of hydrogen-bond acceptors (Lipinski definition) is 4. The van der Waals surface area contributed by atoms with Gasteiger partial charge >= 0.3 is 0 Å². The summed E-state index contributed by atoms with van der Waals surface area (Å²) in [5.41, 5.74) is 2.71. The summed E-state index contributed by atoms with van der Waals surface area (Å²) in [6.45, 7) is 2.03. The van der Waals surface area contributed by atoms with Crippen LogP contribution in [0, 0.1) is 18.8 Å². The molecule has 122 valence electrons. The second-order valence-electron chi connectivity index (χ2n) is 5.10. The summed E-state index contributed by atoms with van der Waals surface area (Å²) in [5.74, 6) is 0.822. The van der Waals surface area contributed by atoms with Crippen LogP contribution in [0.1, 0.15) is 11.1 Å². The monoisotopic (exact) mass is 562 g/mol. The first kappa shape index (κ1) is 17.5. The van der Waals surface area contributed by atoms with E-state index in [4.69, 9.17) is 12.2 Å². The summed E-state index contributed by atoms with van der Waals surface area (Å²) in [5, 5.41) is 21.6. The number of nitrogens with one attached hydrogen (secondary N) is 1. The minimum atomic E-state index is 0.201. The quantitative estimate of drug-likeness (QED) is 0.276. The molecular weight excluding hydrogens is 550 g/mol. The first-order valence-electron chi connectivity index (χ1n) is 6.92. The highest BCUT2D eigenvalue weighted by Gasteiger charge is 2.09. The molecule has 0 saturated carbocycles. The Kier molecular flexibility index (Phi) is 5.35. The summed E-state index contributed by atoms with van der Waals surface area (Å²) in [6.07, 6.45) is 1.59. The van der Waals surface area contributed by atoms with Crippen LogP contribution in [0.5, 0.6) is 5.75 Å². The van der Waals surface area contributed by atoms with E-state index < -0.39 is 0 Å². The van der Waals surface area contributed by atoms with E-state index in [0.717, 1.165) is 12.7 Å². The first-order chi connectivity index (χ1) is 11.5. The molecule has 0 unspecified atom stereocenters. The third kappa shape index (κ3) is 3.70. The lowest BCUT2D eigenvalue weighted by molar-refractivity contribution is 0.470. The number of halogens is 2. The molecule has 5 nitrogen and oxygen atoms in total. The summed E-state index contributed by atoms with van der Waals surface area (Å²) in [4.78, 5) is 0. The van der Waals surface area contributed by atoms with Gasteiger partial charge in [-0.15, -0.1) is 0 Å². The highest BCUT2D eigenvalue weighted by Crippen LogP contribution is 2.26. The van der Waals surface area contributed by atoms with E-state index in [1.807, 2.05) is 43.3 Å². The van der Waals surface area contributed by atoms with E-state index in [2.05, 4.69) is 60.5 Å². The lowest BCUT2D eigenvalue weighted by Gasteiger charge is -2.04. The van der Waals surface area contributed by atoms with Crippen LogP contribution < -0.4 is 0 Å². The molecule has 1 aromatic heterocycles. The van der Waals surface area contributed by atoms with Gasteiger partial charge in [0, 0.05) is 14.7 Å². The van der Waals surface area contributed by atoms with Gasteiger partial charge in [-0.2, -0.15) is 14.9 Å².